The van der Waals surface area contributed by atoms with Gasteiger partial charge < -0.3 is 5.32 Å². The second-order valence-corrected chi connectivity index (χ2v) is 4.28. The molecular formula is C9H13BrF3N3. The number of alkyl halides is 3. The molecule has 0 saturated carbocycles. The van der Waals surface area contributed by atoms with Crippen LogP contribution in [0.1, 0.15) is 25.1 Å². The smallest absolute Gasteiger partial charge is 0.301 e. The lowest BCUT2D eigenvalue weighted by molar-refractivity contribution is -0.159. The molecule has 1 aromatic rings. The molecular weight excluding hydrogens is 287 g/mol. The van der Waals surface area contributed by atoms with E-state index in [1.165, 1.54) is 17.9 Å². The minimum atomic E-state index is -4.33. The number of halogens is 4. The second kappa shape index (κ2) is 5.18. The molecule has 1 heterocycles. The maximum absolute atomic E-state index is 12.8. The van der Waals surface area contributed by atoms with Gasteiger partial charge in [-0.05, 0) is 28.9 Å². The predicted molar refractivity (Wildman–Crippen MR) is 58.0 cm³/mol. The number of nitrogens with zero attached hydrogens (tertiary/aromatic N) is 2. The zero-order chi connectivity index (χ0) is 12.3. The molecule has 1 N–H and O–H groups in total. The molecule has 1 unspecified atom stereocenters. The van der Waals surface area contributed by atoms with Crippen LogP contribution in [-0.2, 0) is 7.05 Å². The van der Waals surface area contributed by atoms with E-state index in [9.17, 15) is 13.2 Å². The van der Waals surface area contributed by atoms with Gasteiger partial charge in [0.2, 0.25) is 0 Å². The predicted octanol–water partition coefficient (Wildman–Crippen LogP) is 2.79. The van der Waals surface area contributed by atoms with Gasteiger partial charge in [0.25, 0.3) is 0 Å². The van der Waals surface area contributed by atoms with Crippen LogP contribution in [-0.4, -0.2) is 22.5 Å². The summed E-state index contributed by atoms with van der Waals surface area (Å²) in [6.45, 7) is 2.13. The Hall–Kier alpha value is -0.560. The first-order valence-corrected chi connectivity index (χ1v) is 5.64. The Kier molecular flexibility index (Phi) is 4.37. The van der Waals surface area contributed by atoms with Crippen LogP contribution in [0.5, 0.6) is 0 Å². The van der Waals surface area contributed by atoms with Gasteiger partial charge in [0, 0.05) is 7.05 Å². The van der Waals surface area contributed by atoms with Gasteiger partial charge in [-0.2, -0.15) is 18.3 Å². The number of aryl methyl sites for hydroxylation is 1. The Morgan fingerprint density at radius 1 is 1.56 bits per heavy atom. The van der Waals surface area contributed by atoms with Gasteiger partial charge in [-0.1, -0.05) is 6.92 Å². The van der Waals surface area contributed by atoms with E-state index in [1.807, 2.05) is 6.92 Å². The summed E-state index contributed by atoms with van der Waals surface area (Å²) in [5, 5.41) is 6.27. The van der Waals surface area contributed by atoms with E-state index in [1.54, 1.807) is 0 Å². The molecule has 0 aromatic carbocycles. The van der Waals surface area contributed by atoms with Crippen molar-refractivity contribution in [3.63, 3.8) is 0 Å². The van der Waals surface area contributed by atoms with Gasteiger partial charge in [0.1, 0.15) is 6.04 Å². The van der Waals surface area contributed by atoms with Gasteiger partial charge in [0.05, 0.1) is 16.4 Å². The summed E-state index contributed by atoms with van der Waals surface area (Å²) >= 11 is 3.08. The third-order valence-corrected chi connectivity index (χ3v) is 2.75. The summed E-state index contributed by atoms with van der Waals surface area (Å²) in [6, 6.07) is -1.69. The summed E-state index contributed by atoms with van der Waals surface area (Å²) in [6.07, 6.45) is -2.32. The highest BCUT2D eigenvalue weighted by Gasteiger charge is 2.43. The third-order valence-electron chi connectivity index (χ3n) is 2.14. The summed E-state index contributed by atoms with van der Waals surface area (Å²) in [7, 11) is 1.49. The number of nitrogens with one attached hydrogen (secondary N) is 1. The first kappa shape index (κ1) is 13.5. The third kappa shape index (κ3) is 2.98. The molecule has 0 amide bonds. The van der Waals surface area contributed by atoms with Crippen LogP contribution >= 0.6 is 15.9 Å². The van der Waals surface area contributed by atoms with E-state index < -0.39 is 12.2 Å². The minimum Gasteiger partial charge on any atom is -0.301 e. The quantitative estimate of drug-likeness (QED) is 0.926. The number of aromatic nitrogens is 2. The van der Waals surface area contributed by atoms with Crippen molar-refractivity contribution in [1.29, 1.82) is 0 Å². The van der Waals surface area contributed by atoms with Crippen LogP contribution in [0, 0.1) is 0 Å². The molecule has 0 bridgehead atoms. The van der Waals surface area contributed by atoms with Gasteiger partial charge in [0.15, 0.2) is 0 Å². The summed E-state index contributed by atoms with van der Waals surface area (Å²) in [4.78, 5) is 0. The molecule has 0 aliphatic rings. The normalized spacial score (nSPS) is 14.1. The molecule has 3 nitrogen and oxygen atoms in total. The fourth-order valence-corrected chi connectivity index (χ4v) is 1.98. The van der Waals surface area contributed by atoms with Crippen molar-refractivity contribution in [2.45, 2.75) is 25.6 Å². The topological polar surface area (TPSA) is 29.9 Å². The van der Waals surface area contributed by atoms with Crippen molar-refractivity contribution in [2.24, 2.45) is 7.05 Å². The van der Waals surface area contributed by atoms with E-state index in [-0.39, 0.29) is 5.69 Å². The van der Waals surface area contributed by atoms with Crippen LogP contribution in [0.25, 0.3) is 0 Å². The van der Waals surface area contributed by atoms with E-state index in [2.05, 4.69) is 26.3 Å². The Morgan fingerprint density at radius 2 is 2.19 bits per heavy atom. The number of hydrogen-bond acceptors (Lipinski definition) is 2. The van der Waals surface area contributed by atoms with Gasteiger partial charge in [-0.3, -0.25) is 4.68 Å². The fraction of sp³-hybridized carbons (Fsp3) is 0.667. The Balaban J connectivity index is 3.01. The Labute approximate surface area is 100 Å². The van der Waals surface area contributed by atoms with Crippen molar-refractivity contribution in [3.05, 3.63) is 16.4 Å². The van der Waals surface area contributed by atoms with Crippen LogP contribution in [0.2, 0.25) is 0 Å². The maximum atomic E-state index is 12.8. The lowest BCUT2D eigenvalue weighted by Gasteiger charge is -2.22. The lowest BCUT2D eigenvalue weighted by Crippen LogP contribution is -2.36. The van der Waals surface area contributed by atoms with Crippen LogP contribution in [0.3, 0.4) is 0 Å². The Bertz CT molecular complexity index is 329. The fourth-order valence-electron chi connectivity index (χ4n) is 1.40. The minimum absolute atomic E-state index is 0.0981. The highest BCUT2D eigenvalue weighted by atomic mass is 79.9. The van der Waals surface area contributed by atoms with E-state index in [4.69, 9.17) is 0 Å². The van der Waals surface area contributed by atoms with Crippen molar-refractivity contribution in [1.82, 2.24) is 15.1 Å². The van der Waals surface area contributed by atoms with Crippen molar-refractivity contribution >= 4 is 15.9 Å². The molecule has 1 atom stereocenters. The number of hydrogen-bond donors (Lipinski definition) is 1. The molecule has 0 aliphatic heterocycles. The van der Waals surface area contributed by atoms with Crippen LogP contribution in [0.4, 0.5) is 13.2 Å². The second-order valence-electron chi connectivity index (χ2n) is 3.43. The van der Waals surface area contributed by atoms with Crippen molar-refractivity contribution in [2.75, 3.05) is 6.54 Å². The van der Waals surface area contributed by atoms with Gasteiger partial charge in [-0.25, -0.2) is 0 Å². The summed E-state index contributed by atoms with van der Waals surface area (Å²) < 4.78 is 40.1. The first-order chi connectivity index (χ1) is 7.38. The summed E-state index contributed by atoms with van der Waals surface area (Å²) in [5.41, 5.74) is 0.0981. The zero-order valence-corrected chi connectivity index (χ0v) is 10.6. The monoisotopic (exact) mass is 299 g/mol. The average Bonchev–Trinajstić information content (AvgIpc) is 2.47. The van der Waals surface area contributed by atoms with Gasteiger partial charge in [-0.15, -0.1) is 0 Å². The lowest BCUT2D eigenvalue weighted by atomic mass is 10.2. The van der Waals surface area contributed by atoms with Crippen molar-refractivity contribution in [3.8, 4) is 0 Å². The van der Waals surface area contributed by atoms with Crippen molar-refractivity contribution < 1.29 is 13.2 Å². The van der Waals surface area contributed by atoms with E-state index >= 15 is 0 Å². The molecule has 0 radical (unpaired) electrons. The Morgan fingerprint density at radius 3 is 2.56 bits per heavy atom. The van der Waals surface area contributed by atoms with E-state index in [0.717, 1.165) is 0 Å². The summed E-state index contributed by atoms with van der Waals surface area (Å²) in [5.74, 6) is 0. The molecule has 0 saturated heterocycles. The molecule has 0 spiro atoms. The first-order valence-electron chi connectivity index (χ1n) is 4.85. The van der Waals surface area contributed by atoms with Gasteiger partial charge >= 0.3 is 6.18 Å². The molecule has 16 heavy (non-hydrogen) atoms. The highest BCUT2D eigenvalue weighted by Crippen LogP contribution is 2.35. The SMILES string of the molecule is CCCNC(c1c(Br)cnn1C)C(F)(F)F. The molecule has 0 fully saturated rings. The van der Waals surface area contributed by atoms with Crippen LogP contribution in [0.15, 0.2) is 10.7 Å². The zero-order valence-electron chi connectivity index (χ0n) is 8.98. The van der Waals surface area contributed by atoms with Crippen LogP contribution < -0.4 is 5.32 Å². The molecule has 1 aromatic heterocycles. The average molecular weight is 300 g/mol. The maximum Gasteiger partial charge on any atom is 0.409 e. The molecule has 7 heteroatoms. The highest BCUT2D eigenvalue weighted by molar-refractivity contribution is 9.10. The standard InChI is InChI=1S/C9H13BrF3N3/c1-3-4-14-8(9(11,12)13)7-6(10)5-15-16(7)2/h5,8,14H,3-4H2,1-2H3. The number of rotatable bonds is 4. The molecule has 92 valence electrons. The molecule has 1 rings (SSSR count). The van der Waals surface area contributed by atoms with E-state index in [0.29, 0.717) is 17.4 Å². The molecule has 0 aliphatic carbocycles. The largest absolute Gasteiger partial charge is 0.409 e.